The molecular weight excluding hydrogens is 250 g/mol. The van der Waals surface area contributed by atoms with Crippen molar-refractivity contribution in [1.29, 1.82) is 0 Å². The molecule has 4 heteroatoms. The molecule has 1 aromatic carbocycles. The molecule has 2 rings (SSSR count). The van der Waals surface area contributed by atoms with E-state index in [2.05, 4.69) is 37.1 Å². The predicted molar refractivity (Wildman–Crippen MR) is 80.7 cm³/mol. The molecule has 0 spiro atoms. The van der Waals surface area contributed by atoms with E-state index in [0.717, 1.165) is 17.1 Å². The molecule has 2 aromatic rings. The number of benzene rings is 1. The Hall–Kier alpha value is -2.10. The number of nitrogens with zero attached hydrogens (tertiary/aromatic N) is 2. The normalized spacial score (nSPS) is 11.4. The second-order valence-electron chi connectivity index (χ2n) is 5.97. The molecule has 0 aliphatic rings. The van der Waals surface area contributed by atoms with E-state index in [1.807, 2.05) is 36.0 Å². The van der Waals surface area contributed by atoms with Gasteiger partial charge in [-0.25, -0.2) is 4.98 Å². The van der Waals surface area contributed by atoms with Crippen LogP contribution in [0, 0.1) is 0 Å². The Morgan fingerprint density at radius 3 is 2.60 bits per heavy atom. The standard InChI is InChI=1S/C16H21N3O/c1-16(2,3)12-7-5-6-8-13(12)18-15(20)11-14-17-9-10-19(14)4/h5-10H,11H2,1-4H3,(H,18,20). The van der Waals surface area contributed by atoms with E-state index in [-0.39, 0.29) is 17.7 Å². The third-order valence-electron chi connectivity index (χ3n) is 3.25. The summed E-state index contributed by atoms with van der Waals surface area (Å²) in [5.74, 6) is 0.715. The summed E-state index contributed by atoms with van der Waals surface area (Å²) >= 11 is 0. The average Bonchev–Trinajstić information content (AvgIpc) is 2.74. The van der Waals surface area contributed by atoms with E-state index in [1.54, 1.807) is 6.20 Å². The van der Waals surface area contributed by atoms with Gasteiger partial charge in [-0.05, 0) is 17.0 Å². The van der Waals surface area contributed by atoms with Gasteiger partial charge in [0.1, 0.15) is 5.82 Å². The molecule has 1 N–H and O–H groups in total. The molecule has 0 radical (unpaired) electrons. The van der Waals surface area contributed by atoms with Crippen molar-refractivity contribution in [3.8, 4) is 0 Å². The zero-order chi connectivity index (χ0) is 14.8. The first-order chi connectivity index (χ1) is 9.38. The molecule has 0 fully saturated rings. The van der Waals surface area contributed by atoms with Crippen LogP contribution in [0.1, 0.15) is 32.2 Å². The van der Waals surface area contributed by atoms with Crippen molar-refractivity contribution in [2.24, 2.45) is 7.05 Å². The van der Waals surface area contributed by atoms with Crippen LogP contribution in [-0.4, -0.2) is 15.5 Å². The third kappa shape index (κ3) is 3.26. The summed E-state index contributed by atoms with van der Waals surface area (Å²) in [5, 5.41) is 2.99. The molecule has 0 bridgehead atoms. The van der Waals surface area contributed by atoms with Crippen LogP contribution in [0.5, 0.6) is 0 Å². The highest BCUT2D eigenvalue weighted by atomic mass is 16.1. The van der Waals surface area contributed by atoms with E-state index < -0.39 is 0 Å². The van der Waals surface area contributed by atoms with Crippen LogP contribution < -0.4 is 5.32 Å². The summed E-state index contributed by atoms with van der Waals surface area (Å²) in [4.78, 5) is 16.3. The average molecular weight is 271 g/mol. The first-order valence-corrected chi connectivity index (χ1v) is 6.73. The number of anilines is 1. The second-order valence-corrected chi connectivity index (χ2v) is 5.97. The van der Waals surface area contributed by atoms with Crippen LogP contribution >= 0.6 is 0 Å². The fraction of sp³-hybridized carbons (Fsp3) is 0.375. The minimum absolute atomic E-state index is 0.00685. The van der Waals surface area contributed by atoms with E-state index in [0.29, 0.717) is 0 Å². The summed E-state index contributed by atoms with van der Waals surface area (Å²) in [6.07, 6.45) is 3.82. The SMILES string of the molecule is Cn1ccnc1CC(=O)Nc1ccccc1C(C)(C)C. The Kier molecular flexibility index (Phi) is 3.93. The van der Waals surface area contributed by atoms with Crippen LogP contribution in [-0.2, 0) is 23.7 Å². The number of rotatable bonds is 3. The molecule has 0 unspecified atom stereocenters. The maximum absolute atomic E-state index is 12.1. The Balaban J connectivity index is 2.15. The zero-order valence-corrected chi connectivity index (χ0v) is 12.5. The monoisotopic (exact) mass is 271 g/mol. The van der Waals surface area contributed by atoms with Gasteiger partial charge >= 0.3 is 0 Å². The molecular formula is C16H21N3O. The van der Waals surface area contributed by atoms with Gasteiger partial charge in [-0.1, -0.05) is 39.0 Å². The van der Waals surface area contributed by atoms with Crippen molar-refractivity contribution >= 4 is 11.6 Å². The number of amides is 1. The van der Waals surface area contributed by atoms with Gasteiger partial charge in [0, 0.05) is 25.1 Å². The van der Waals surface area contributed by atoms with Crippen molar-refractivity contribution in [3.63, 3.8) is 0 Å². The highest BCUT2D eigenvalue weighted by Crippen LogP contribution is 2.29. The first kappa shape index (κ1) is 14.3. The van der Waals surface area contributed by atoms with Gasteiger partial charge in [-0.15, -0.1) is 0 Å². The van der Waals surface area contributed by atoms with Crippen LogP contribution in [0.2, 0.25) is 0 Å². The van der Waals surface area contributed by atoms with Crippen LogP contribution in [0.4, 0.5) is 5.69 Å². The molecule has 0 aliphatic carbocycles. The Morgan fingerprint density at radius 1 is 1.30 bits per heavy atom. The molecule has 1 amide bonds. The lowest BCUT2D eigenvalue weighted by Gasteiger charge is -2.23. The summed E-state index contributed by atoms with van der Waals surface area (Å²) in [7, 11) is 1.89. The number of hydrogen-bond acceptors (Lipinski definition) is 2. The van der Waals surface area contributed by atoms with Crippen LogP contribution in [0.15, 0.2) is 36.7 Å². The number of nitrogens with one attached hydrogen (secondary N) is 1. The number of carbonyl (C=O) groups excluding carboxylic acids is 1. The third-order valence-corrected chi connectivity index (χ3v) is 3.25. The van der Waals surface area contributed by atoms with Crippen molar-refractivity contribution in [2.75, 3.05) is 5.32 Å². The number of hydrogen-bond donors (Lipinski definition) is 1. The number of aryl methyl sites for hydroxylation is 1. The largest absolute Gasteiger partial charge is 0.338 e. The van der Waals surface area contributed by atoms with Gasteiger partial charge in [0.25, 0.3) is 0 Å². The smallest absolute Gasteiger partial charge is 0.231 e. The molecule has 0 atom stereocenters. The van der Waals surface area contributed by atoms with E-state index in [4.69, 9.17) is 0 Å². The summed E-state index contributed by atoms with van der Waals surface area (Å²) in [6.45, 7) is 6.41. The Morgan fingerprint density at radius 2 is 2.00 bits per heavy atom. The maximum atomic E-state index is 12.1. The number of aromatic nitrogens is 2. The van der Waals surface area contributed by atoms with Gasteiger partial charge in [0.05, 0.1) is 6.42 Å². The van der Waals surface area contributed by atoms with Crippen molar-refractivity contribution in [2.45, 2.75) is 32.6 Å². The van der Waals surface area contributed by atoms with E-state index in [9.17, 15) is 4.79 Å². The van der Waals surface area contributed by atoms with Gasteiger partial charge in [0.2, 0.25) is 5.91 Å². The van der Waals surface area contributed by atoms with E-state index >= 15 is 0 Å². The molecule has 1 aromatic heterocycles. The number of carbonyl (C=O) groups is 1. The molecule has 0 saturated carbocycles. The van der Waals surface area contributed by atoms with Gasteiger partial charge in [-0.3, -0.25) is 4.79 Å². The summed E-state index contributed by atoms with van der Waals surface area (Å²) in [6, 6.07) is 7.92. The lowest BCUT2D eigenvalue weighted by Crippen LogP contribution is -2.20. The Bertz CT molecular complexity index is 608. The fourth-order valence-electron chi connectivity index (χ4n) is 2.15. The van der Waals surface area contributed by atoms with Crippen LogP contribution in [0.25, 0.3) is 0 Å². The molecule has 20 heavy (non-hydrogen) atoms. The highest BCUT2D eigenvalue weighted by molar-refractivity contribution is 5.92. The Labute approximate surface area is 119 Å². The van der Waals surface area contributed by atoms with Gasteiger partial charge in [-0.2, -0.15) is 0 Å². The van der Waals surface area contributed by atoms with Crippen molar-refractivity contribution < 1.29 is 4.79 Å². The lowest BCUT2D eigenvalue weighted by atomic mass is 9.86. The molecule has 0 aliphatic heterocycles. The highest BCUT2D eigenvalue weighted by Gasteiger charge is 2.18. The molecule has 1 heterocycles. The summed E-state index contributed by atoms with van der Waals surface area (Å²) in [5.41, 5.74) is 2.00. The quantitative estimate of drug-likeness (QED) is 0.933. The fourth-order valence-corrected chi connectivity index (χ4v) is 2.15. The molecule has 106 valence electrons. The number of imidazole rings is 1. The maximum Gasteiger partial charge on any atom is 0.231 e. The van der Waals surface area contributed by atoms with E-state index in [1.165, 1.54) is 0 Å². The first-order valence-electron chi connectivity index (χ1n) is 6.73. The lowest BCUT2D eigenvalue weighted by molar-refractivity contribution is -0.115. The second kappa shape index (κ2) is 5.49. The summed E-state index contributed by atoms with van der Waals surface area (Å²) < 4.78 is 1.86. The van der Waals surface area contributed by atoms with Crippen molar-refractivity contribution in [3.05, 3.63) is 48.0 Å². The zero-order valence-electron chi connectivity index (χ0n) is 12.5. The topological polar surface area (TPSA) is 46.9 Å². The minimum atomic E-state index is -0.0454. The van der Waals surface area contributed by atoms with Gasteiger partial charge < -0.3 is 9.88 Å². The van der Waals surface area contributed by atoms with Crippen molar-refractivity contribution in [1.82, 2.24) is 9.55 Å². The molecule has 0 saturated heterocycles. The number of para-hydroxylation sites is 1. The minimum Gasteiger partial charge on any atom is -0.338 e. The predicted octanol–water partition coefficient (Wildman–Crippen LogP) is 2.90. The molecule has 4 nitrogen and oxygen atoms in total. The van der Waals surface area contributed by atoms with Crippen LogP contribution in [0.3, 0.4) is 0 Å². The van der Waals surface area contributed by atoms with Gasteiger partial charge in [0.15, 0.2) is 0 Å².